The van der Waals surface area contributed by atoms with Gasteiger partial charge >= 0.3 is 37.1 Å². The Kier molecular flexibility index (Phi) is 10.6. The Bertz CT molecular complexity index is 1110. The summed E-state index contributed by atoms with van der Waals surface area (Å²) < 4.78 is 111. The van der Waals surface area contributed by atoms with Gasteiger partial charge in [-0.05, 0) is 6.08 Å². The Morgan fingerprint density at radius 3 is 2.11 bits per heavy atom. The molecule has 1 aliphatic heterocycles. The van der Waals surface area contributed by atoms with Gasteiger partial charge in [-0.15, -0.1) is 0 Å². The van der Waals surface area contributed by atoms with E-state index < -0.39 is 92.3 Å². The van der Waals surface area contributed by atoms with E-state index in [9.17, 15) is 50.2 Å². The predicted octanol–water partition coefficient (Wildman–Crippen LogP) is -5.25. The van der Waals surface area contributed by atoms with Crippen molar-refractivity contribution in [1.82, 2.24) is 4.72 Å². The maximum Gasteiger partial charge on any atom is 0.397 e. The quantitative estimate of drug-likeness (QED) is 0.0705. The predicted molar refractivity (Wildman–Crippen MR) is 102 cm³/mol. The van der Waals surface area contributed by atoms with Crippen molar-refractivity contribution in [1.29, 1.82) is 0 Å². The molecule has 1 heterocycles. The van der Waals surface area contributed by atoms with Gasteiger partial charge in [0.25, 0.3) is 0 Å². The molecule has 20 nitrogen and oxygen atoms in total. The van der Waals surface area contributed by atoms with Crippen LogP contribution in [0.1, 0.15) is 0 Å². The maximum atomic E-state index is 11.2. The summed E-state index contributed by atoms with van der Waals surface area (Å²) in [5.41, 5.74) is 0. The summed E-state index contributed by atoms with van der Waals surface area (Å²) in [4.78, 5) is 22.4. The van der Waals surface area contributed by atoms with Crippen LogP contribution >= 0.6 is 0 Å². The van der Waals surface area contributed by atoms with Crippen LogP contribution in [0.15, 0.2) is 11.8 Å². The van der Waals surface area contributed by atoms with E-state index in [1.807, 2.05) is 0 Å². The summed E-state index contributed by atoms with van der Waals surface area (Å²) in [7, 11) is -15.9. The average molecular weight is 577 g/mol. The summed E-state index contributed by atoms with van der Waals surface area (Å²) >= 11 is 0. The lowest BCUT2D eigenvalue weighted by Gasteiger charge is -2.37. The van der Waals surface area contributed by atoms with Crippen molar-refractivity contribution < 1.29 is 86.8 Å². The monoisotopic (exact) mass is 577 g/mol. The van der Waals surface area contributed by atoms with Crippen molar-refractivity contribution in [2.75, 3.05) is 6.61 Å². The van der Waals surface area contributed by atoms with E-state index in [1.165, 1.54) is 4.72 Å². The number of nitrogens with one attached hydrogen (secondary N) is 1. The van der Waals surface area contributed by atoms with Crippen LogP contribution in [0.5, 0.6) is 0 Å². The van der Waals surface area contributed by atoms with Crippen LogP contribution < -0.4 is 4.72 Å². The minimum Gasteiger partial charge on any atom is -0.475 e. The number of carboxylic acid groups (broad SMARTS) is 1. The zero-order valence-corrected chi connectivity index (χ0v) is 19.1. The lowest BCUT2D eigenvalue weighted by Crippen LogP contribution is -2.57. The zero-order valence-electron chi connectivity index (χ0n) is 16.7. The molecule has 0 radical (unpaired) electrons. The number of hydrogen-bond acceptors (Lipinski definition) is 15. The highest BCUT2D eigenvalue weighted by Crippen LogP contribution is 2.26. The van der Waals surface area contributed by atoms with Crippen LogP contribution in [0.3, 0.4) is 0 Å². The molecule has 0 fully saturated rings. The molecule has 0 aliphatic carbocycles. The lowest BCUT2D eigenvalue weighted by atomic mass is 10.0. The first kappa shape index (κ1) is 31.2. The van der Waals surface area contributed by atoms with Gasteiger partial charge in [0.2, 0.25) is 12.0 Å². The summed E-state index contributed by atoms with van der Waals surface area (Å²) in [6.07, 6.45) is -14.7. The molecule has 0 spiro atoms. The van der Waals surface area contributed by atoms with Crippen LogP contribution in [0.4, 0.5) is 0 Å². The molecule has 0 unspecified atom stereocenters. The maximum absolute atomic E-state index is 11.2. The highest BCUT2D eigenvalue weighted by Gasteiger charge is 2.45. The number of carbonyl (C=O) groups is 2. The van der Waals surface area contributed by atoms with Gasteiger partial charge in [-0.2, -0.15) is 30.0 Å². The first-order valence-corrected chi connectivity index (χ1v) is 12.7. The number of aliphatic hydroxyl groups excluding tert-OH is 3. The number of carboxylic acids is 1. The molecule has 1 aliphatic rings. The van der Waals surface area contributed by atoms with E-state index in [0.29, 0.717) is 6.08 Å². The van der Waals surface area contributed by atoms with Crippen molar-refractivity contribution in [2.45, 2.75) is 42.9 Å². The average Bonchev–Trinajstić information content (AvgIpc) is 2.67. The largest absolute Gasteiger partial charge is 0.475 e. The van der Waals surface area contributed by atoms with Crippen LogP contribution in [0.25, 0.3) is 0 Å². The summed E-state index contributed by atoms with van der Waals surface area (Å²) in [6, 6.07) is -2.38. The fourth-order valence-corrected chi connectivity index (χ4v) is 3.81. The van der Waals surface area contributed by atoms with Gasteiger partial charge in [0, 0.05) is 0 Å². The second-order valence-electron chi connectivity index (χ2n) is 6.43. The van der Waals surface area contributed by atoms with Crippen LogP contribution in [-0.2, 0) is 58.5 Å². The highest BCUT2D eigenvalue weighted by atomic mass is 32.3. The third kappa shape index (κ3) is 10.7. The van der Waals surface area contributed by atoms with Crippen molar-refractivity contribution in [3.8, 4) is 0 Å². The summed E-state index contributed by atoms with van der Waals surface area (Å²) in [5, 5.41) is 39.5. The molecule has 7 atom stereocenters. The molecule has 0 bridgehead atoms. The fourth-order valence-electron chi connectivity index (χ4n) is 2.47. The highest BCUT2D eigenvalue weighted by molar-refractivity contribution is 7.83. The standard InChI is InChI=1S/C12H19NO19S3/c14-2-4(13-33(20,21)22)8(17)9(6(16)3-29-34(23,24)25)31-12-10(32-35(26,27)28)5(15)1-7(30-12)11(18)19/h1-2,4-6,8-10,12-13,15-17H,3H2,(H,18,19)(H,20,21,22)(H,23,24,25)(H,26,27,28)/t4-,5-,6+,8+,9+,10+,12-/m0/s1. The van der Waals surface area contributed by atoms with Gasteiger partial charge in [0.1, 0.15) is 36.7 Å². The van der Waals surface area contributed by atoms with E-state index in [1.54, 1.807) is 0 Å². The van der Waals surface area contributed by atoms with Crippen LogP contribution in [0, 0.1) is 0 Å². The molecule has 0 saturated carbocycles. The Hall–Kier alpha value is -1.87. The molecule has 8 N–H and O–H groups in total. The summed E-state index contributed by atoms with van der Waals surface area (Å²) in [6.45, 7) is -1.49. The van der Waals surface area contributed by atoms with Crippen LogP contribution in [-0.4, -0.2) is 121 Å². The third-order valence-corrected chi connectivity index (χ3v) is 5.28. The van der Waals surface area contributed by atoms with Gasteiger partial charge in [0.05, 0.1) is 6.61 Å². The molecule has 0 aromatic carbocycles. The molecule has 0 amide bonds. The van der Waals surface area contributed by atoms with Crippen molar-refractivity contribution in [3.63, 3.8) is 0 Å². The number of rotatable bonds is 14. The van der Waals surface area contributed by atoms with E-state index >= 15 is 0 Å². The minimum atomic E-state index is -5.42. The smallest absolute Gasteiger partial charge is 0.397 e. The zero-order chi connectivity index (χ0) is 27.4. The van der Waals surface area contributed by atoms with Gasteiger partial charge in [-0.3, -0.25) is 13.7 Å². The van der Waals surface area contributed by atoms with Gasteiger partial charge in [-0.1, -0.05) is 0 Å². The molecule has 0 saturated heterocycles. The molecule has 23 heteroatoms. The van der Waals surface area contributed by atoms with Crippen LogP contribution in [0.2, 0.25) is 0 Å². The SMILES string of the molecule is O=C[C@H](NS(=O)(=O)O)[C@@H](O)[C@H](O[C@@H]1OC(C(=O)O)=C[C@H](O)[C@H]1OS(=O)(=O)O)[C@H](O)COS(=O)(=O)O. The van der Waals surface area contributed by atoms with E-state index in [-0.39, 0.29) is 6.29 Å². The van der Waals surface area contributed by atoms with Gasteiger partial charge in [0.15, 0.2) is 6.10 Å². The summed E-state index contributed by atoms with van der Waals surface area (Å²) in [5.74, 6) is -3.01. The molecular formula is C12H19NO19S3. The van der Waals surface area contributed by atoms with E-state index in [0.717, 1.165) is 0 Å². The second-order valence-corrected chi connectivity index (χ2v) is 9.75. The van der Waals surface area contributed by atoms with Crippen molar-refractivity contribution >= 4 is 43.4 Å². The lowest BCUT2D eigenvalue weighted by molar-refractivity contribution is -0.250. The normalized spacial score (nSPS) is 25.0. The van der Waals surface area contributed by atoms with Gasteiger partial charge < -0.3 is 34.7 Å². The number of ether oxygens (including phenoxy) is 2. The molecule has 0 aromatic heterocycles. The van der Waals surface area contributed by atoms with Gasteiger partial charge in [-0.25, -0.2) is 13.2 Å². The minimum absolute atomic E-state index is 0.351. The first-order chi connectivity index (χ1) is 15.7. The molecule has 204 valence electrons. The number of aliphatic carboxylic acids is 1. The Balaban J connectivity index is 3.43. The van der Waals surface area contributed by atoms with E-state index in [4.69, 9.17) is 28.2 Å². The molecular weight excluding hydrogens is 558 g/mol. The Labute approximate surface area is 196 Å². The number of carbonyl (C=O) groups excluding carboxylic acids is 1. The Morgan fingerprint density at radius 2 is 1.69 bits per heavy atom. The second kappa shape index (κ2) is 11.9. The first-order valence-electron chi connectivity index (χ1n) is 8.53. The van der Waals surface area contributed by atoms with Crippen molar-refractivity contribution in [3.05, 3.63) is 11.8 Å². The van der Waals surface area contributed by atoms with Crippen molar-refractivity contribution in [2.24, 2.45) is 0 Å². The number of aliphatic hydroxyl groups is 3. The Morgan fingerprint density at radius 1 is 1.11 bits per heavy atom. The fraction of sp³-hybridized carbons (Fsp3) is 0.667. The van der Waals surface area contributed by atoms with E-state index in [2.05, 4.69) is 8.37 Å². The molecule has 1 rings (SSSR count). The number of aldehydes is 1. The third-order valence-electron chi connectivity index (χ3n) is 3.81. The number of hydrogen-bond donors (Lipinski definition) is 8. The topological polar surface area (TPSA) is 327 Å². The molecule has 35 heavy (non-hydrogen) atoms. The molecule has 0 aromatic rings.